The first kappa shape index (κ1) is 10.5. The van der Waals surface area contributed by atoms with E-state index in [2.05, 4.69) is 13.8 Å². The lowest BCUT2D eigenvalue weighted by molar-refractivity contribution is -0.131. The van der Waals surface area contributed by atoms with E-state index in [0.29, 0.717) is 5.92 Å². The second kappa shape index (κ2) is 4.61. The van der Waals surface area contributed by atoms with Gasteiger partial charge in [0, 0.05) is 6.08 Å². The second-order valence-electron chi connectivity index (χ2n) is 3.49. The lowest BCUT2D eigenvalue weighted by Crippen LogP contribution is -1.87. The van der Waals surface area contributed by atoms with E-state index in [1.807, 2.05) is 24.3 Å². The van der Waals surface area contributed by atoms with Gasteiger partial charge in [0.15, 0.2) is 0 Å². The van der Waals surface area contributed by atoms with Crippen LogP contribution in [0.5, 0.6) is 0 Å². The SMILES string of the molecule is CC(C)c1ccc(/C=C/C(=O)O)cc1. The predicted octanol–water partition coefficient (Wildman–Crippen LogP) is 2.91. The Morgan fingerprint density at radius 2 is 1.86 bits per heavy atom. The summed E-state index contributed by atoms with van der Waals surface area (Å²) in [6.07, 6.45) is 2.73. The molecule has 0 saturated heterocycles. The molecule has 0 aliphatic heterocycles. The van der Waals surface area contributed by atoms with Gasteiger partial charge >= 0.3 is 5.97 Å². The molecule has 2 heteroatoms. The Bertz CT molecular complexity index is 334. The number of carboxylic acid groups (broad SMARTS) is 1. The Kier molecular flexibility index (Phi) is 3.46. The fourth-order valence-corrected chi connectivity index (χ4v) is 1.16. The number of rotatable bonds is 3. The quantitative estimate of drug-likeness (QED) is 0.744. The molecule has 0 heterocycles. The van der Waals surface area contributed by atoms with E-state index >= 15 is 0 Å². The van der Waals surface area contributed by atoms with Crippen molar-refractivity contribution >= 4 is 12.0 Å². The van der Waals surface area contributed by atoms with Crippen molar-refractivity contribution in [2.75, 3.05) is 0 Å². The Balaban J connectivity index is 2.78. The van der Waals surface area contributed by atoms with E-state index in [1.165, 1.54) is 5.56 Å². The third kappa shape index (κ3) is 3.05. The number of aliphatic carboxylic acids is 1. The molecule has 1 rings (SSSR count). The average Bonchev–Trinajstić information content (AvgIpc) is 2.15. The third-order valence-corrected chi connectivity index (χ3v) is 2.02. The predicted molar refractivity (Wildman–Crippen MR) is 57.2 cm³/mol. The fraction of sp³-hybridized carbons (Fsp3) is 0.250. The van der Waals surface area contributed by atoms with Crippen LogP contribution in [0.25, 0.3) is 6.08 Å². The van der Waals surface area contributed by atoms with Crippen molar-refractivity contribution in [3.63, 3.8) is 0 Å². The van der Waals surface area contributed by atoms with Gasteiger partial charge in [0.25, 0.3) is 0 Å². The lowest BCUT2D eigenvalue weighted by atomic mass is 10.0. The van der Waals surface area contributed by atoms with E-state index in [9.17, 15) is 4.79 Å². The van der Waals surface area contributed by atoms with Gasteiger partial charge in [-0.1, -0.05) is 38.1 Å². The molecule has 2 nitrogen and oxygen atoms in total. The molecular weight excluding hydrogens is 176 g/mol. The lowest BCUT2D eigenvalue weighted by Gasteiger charge is -2.04. The molecule has 0 spiro atoms. The molecule has 1 aromatic carbocycles. The summed E-state index contributed by atoms with van der Waals surface area (Å²) >= 11 is 0. The number of carbonyl (C=O) groups is 1. The molecule has 1 aromatic rings. The van der Waals surface area contributed by atoms with Crippen LogP contribution in [0.15, 0.2) is 30.3 Å². The Labute approximate surface area is 83.9 Å². The summed E-state index contributed by atoms with van der Waals surface area (Å²) in [6.45, 7) is 4.25. The number of benzene rings is 1. The zero-order valence-electron chi connectivity index (χ0n) is 8.40. The molecule has 0 fully saturated rings. The van der Waals surface area contributed by atoms with Crippen molar-refractivity contribution in [2.24, 2.45) is 0 Å². The average molecular weight is 190 g/mol. The molecule has 14 heavy (non-hydrogen) atoms. The highest BCUT2D eigenvalue weighted by molar-refractivity contribution is 5.85. The van der Waals surface area contributed by atoms with Crippen molar-refractivity contribution in [1.82, 2.24) is 0 Å². The van der Waals surface area contributed by atoms with Gasteiger partial charge in [0.05, 0.1) is 0 Å². The normalized spacial score (nSPS) is 11.1. The van der Waals surface area contributed by atoms with E-state index < -0.39 is 5.97 Å². The highest BCUT2D eigenvalue weighted by atomic mass is 16.4. The molecule has 0 radical (unpaired) electrons. The van der Waals surface area contributed by atoms with Gasteiger partial charge in [0.2, 0.25) is 0 Å². The molecule has 0 saturated carbocycles. The summed E-state index contributed by atoms with van der Waals surface area (Å²) < 4.78 is 0. The van der Waals surface area contributed by atoms with Gasteiger partial charge in [-0.15, -0.1) is 0 Å². The molecular formula is C12H14O2. The van der Waals surface area contributed by atoms with Gasteiger partial charge in [-0.2, -0.15) is 0 Å². The number of carboxylic acids is 1. The summed E-state index contributed by atoms with van der Waals surface area (Å²) in [5.41, 5.74) is 2.18. The van der Waals surface area contributed by atoms with Crippen LogP contribution in [-0.2, 0) is 4.79 Å². The summed E-state index contributed by atoms with van der Waals surface area (Å²) in [5.74, 6) is -0.412. The monoisotopic (exact) mass is 190 g/mol. The van der Waals surface area contributed by atoms with Crippen molar-refractivity contribution in [3.8, 4) is 0 Å². The standard InChI is InChI=1S/C12H14O2/c1-9(2)11-6-3-10(4-7-11)5-8-12(13)14/h3-9H,1-2H3,(H,13,14)/b8-5+. The van der Waals surface area contributed by atoms with E-state index in [0.717, 1.165) is 11.6 Å². The number of hydrogen-bond donors (Lipinski definition) is 1. The first-order valence-corrected chi connectivity index (χ1v) is 4.60. The first-order valence-electron chi connectivity index (χ1n) is 4.60. The van der Waals surface area contributed by atoms with Crippen molar-refractivity contribution < 1.29 is 9.90 Å². The first-order chi connectivity index (χ1) is 6.59. The topological polar surface area (TPSA) is 37.3 Å². The molecule has 0 aliphatic carbocycles. The maximum atomic E-state index is 10.3. The molecule has 1 N–H and O–H groups in total. The minimum Gasteiger partial charge on any atom is -0.478 e. The van der Waals surface area contributed by atoms with Crippen LogP contribution in [0.1, 0.15) is 30.9 Å². The molecule has 0 bridgehead atoms. The van der Waals surface area contributed by atoms with Crippen LogP contribution in [0.4, 0.5) is 0 Å². The van der Waals surface area contributed by atoms with E-state index in [4.69, 9.17) is 5.11 Å². The fourth-order valence-electron chi connectivity index (χ4n) is 1.16. The van der Waals surface area contributed by atoms with Crippen LogP contribution in [0.2, 0.25) is 0 Å². The van der Waals surface area contributed by atoms with Gasteiger partial charge in [-0.25, -0.2) is 4.79 Å². The van der Waals surface area contributed by atoms with Gasteiger partial charge in [-0.05, 0) is 23.1 Å². The van der Waals surface area contributed by atoms with Crippen molar-refractivity contribution in [2.45, 2.75) is 19.8 Å². The Morgan fingerprint density at radius 1 is 1.29 bits per heavy atom. The minimum atomic E-state index is -0.919. The molecule has 0 aromatic heterocycles. The summed E-state index contributed by atoms with van der Waals surface area (Å²) in [6, 6.07) is 7.89. The largest absolute Gasteiger partial charge is 0.478 e. The smallest absolute Gasteiger partial charge is 0.328 e. The summed E-state index contributed by atoms with van der Waals surface area (Å²) in [5, 5.41) is 8.43. The zero-order valence-corrected chi connectivity index (χ0v) is 8.40. The van der Waals surface area contributed by atoms with Crippen molar-refractivity contribution in [3.05, 3.63) is 41.5 Å². The van der Waals surface area contributed by atoms with Gasteiger partial charge < -0.3 is 5.11 Å². The van der Waals surface area contributed by atoms with Crippen LogP contribution in [-0.4, -0.2) is 11.1 Å². The van der Waals surface area contributed by atoms with E-state index in [1.54, 1.807) is 6.08 Å². The van der Waals surface area contributed by atoms with Gasteiger partial charge in [-0.3, -0.25) is 0 Å². The molecule has 0 atom stereocenters. The summed E-state index contributed by atoms with van der Waals surface area (Å²) in [4.78, 5) is 10.3. The van der Waals surface area contributed by atoms with Gasteiger partial charge in [0.1, 0.15) is 0 Å². The molecule has 0 unspecified atom stereocenters. The minimum absolute atomic E-state index is 0.507. The third-order valence-electron chi connectivity index (χ3n) is 2.02. The van der Waals surface area contributed by atoms with Crippen LogP contribution >= 0.6 is 0 Å². The highest BCUT2D eigenvalue weighted by Gasteiger charge is 1.97. The maximum absolute atomic E-state index is 10.3. The van der Waals surface area contributed by atoms with Crippen LogP contribution in [0.3, 0.4) is 0 Å². The summed E-state index contributed by atoms with van der Waals surface area (Å²) in [7, 11) is 0. The molecule has 0 aliphatic rings. The Morgan fingerprint density at radius 3 is 2.29 bits per heavy atom. The maximum Gasteiger partial charge on any atom is 0.328 e. The zero-order chi connectivity index (χ0) is 10.6. The van der Waals surface area contributed by atoms with Crippen molar-refractivity contribution in [1.29, 1.82) is 0 Å². The van der Waals surface area contributed by atoms with Crippen LogP contribution < -0.4 is 0 Å². The second-order valence-corrected chi connectivity index (χ2v) is 3.49. The Hall–Kier alpha value is -1.57. The molecule has 74 valence electrons. The van der Waals surface area contributed by atoms with E-state index in [-0.39, 0.29) is 0 Å². The van der Waals surface area contributed by atoms with Crippen LogP contribution in [0, 0.1) is 0 Å². The molecule has 0 amide bonds. The highest BCUT2D eigenvalue weighted by Crippen LogP contribution is 2.15. The number of hydrogen-bond acceptors (Lipinski definition) is 1.